The van der Waals surface area contributed by atoms with E-state index in [1.807, 2.05) is 0 Å². The molecule has 0 atom stereocenters. The van der Waals surface area contributed by atoms with Crippen molar-refractivity contribution >= 4 is 0 Å². The SMILES string of the molecule is NC(O)(O)N1CCNCC1. The number of nitrogens with two attached hydrogens (primary N) is 1. The van der Waals surface area contributed by atoms with E-state index in [9.17, 15) is 0 Å². The number of nitrogens with one attached hydrogen (secondary N) is 1. The molecule has 5 nitrogen and oxygen atoms in total. The van der Waals surface area contributed by atoms with Gasteiger partial charge in [-0.25, -0.2) is 4.90 Å². The largest absolute Gasteiger partial charge is 0.341 e. The van der Waals surface area contributed by atoms with Crippen LogP contribution in [0.3, 0.4) is 0 Å². The molecular weight excluding hydrogens is 134 g/mol. The van der Waals surface area contributed by atoms with Gasteiger partial charge in [0.15, 0.2) is 0 Å². The molecule has 1 fully saturated rings. The first-order chi connectivity index (χ1) is 4.61. The van der Waals surface area contributed by atoms with Gasteiger partial charge in [0.2, 0.25) is 0 Å². The molecule has 5 N–H and O–H groups in total. The molecule has 1 aliphatic heterocycles. The van der Waals surface area contributed by atoms with Crippen LogP contribution < -0.4 is 11.1 Å². The number of hydrogen-bond acceptors (Lipinski definition) is 5. The summed E-state index contributed by atoms with van der Waals surface area (Å²) in [6, 6.07) is -2.14. The average molecular weight is 147 g/mol. The van der Waals surface area contributed by atoms with Crippen LogP contribution in [0.5, 0.6) is 0 Å². The Labute approximate surface area is 59.4 Å². The van der Waals surface area contributed by atoms with E-state index in [1.54, 1.807) is 0 Å². The number of piperazine rings is 1. The van der Waals surface area contributed by atoms with Crippen molar-refractivity contribution in [2.45, 2.75) is 6.03 Å². The van der Waals surface area contributed by atoms with Crippen molar-refractivity contribution in [1.29, 1.82) is 0 Å². The number of rotatable bonds is 1. The summed E-state index contributed by atoms with van der Waals surface area (Å²) in [6.07, 6.45) is 0. The fraction of sp³-hybridized carbons (Fsp3) is 1.00. The number of aliphatic hydroxyl groups is 2. The lowest BCUT2D eigenvalue weighted by Crippen LogP contribution is -2.61. The van der Waals surface area contributed by atoms with Gasteiger partial charge in [0, 0.05) is 26.2 Å². The van der Waals surface area contributed by atoms with E-state index in [0.717, 1.165) is 13.1 Å². The van der Waals surface area contributed by atoms with Gasteiger partial charge in [0.1, 0.15) is 0 Å². The molecule has 1 aliphatic rings. The van der Waals surface area contributed by atoms with Crippen LogP contribution in [0.4, 0.5) is 0 Å². The predicted molar refractivity (Wildman–Crippen MR) is 35.8 cm³/mol. The molecule has 1 rings (SSSR count). The molecule has 0 aromatic carbocycles. The smallest absolute Gasteiger partial charge is 0.286 e. The Kier molecular flexibility index (Phi) is 2.22. The van der Waals surface area contributed by atoms with Crippen LogP contribution in [0, 0.1) is 0 Å². The zero-order valence-electron chi connectivity index (χ0n) is 5.75. The second-order valence-electron chi connectivity index (χ2n) is 2.42. The Hall–Kier alpha value is -0.200. The molecule has 0 amide bonds. The molecule has 1 heterocycles. The summed E-state index contributed by atoms with van der Waals surface area (Å²) in [5, 5.41) is 20.8. The molecule has 0 aliphatic carbocycles. The molecule has 0 radical (unpaired) electrons. The molecule has 5 heteroatoms. The van der Waals surface area contributed by atoms with Crippen LogP contribution in [0.1, 0.15) is 0 Å². The Morgan fingerprint density at radius 3 is 2.10 bits per heavy atom. The summed E-state index contributed by atoms with van der Waals surface area (Å²) in [4.78, 5) is 1.41. The van der Waals surface area contributed by atoms with Gasteiger partial charge in [-0.15, -0.1) is 0 Å². The molecule has 60 valence electrons. The van der Waals surface area contributed by atoms with E-state index < -0.39 is 6.03 Å². The molecule has 0 saturated carbocycles. The molecule has 0 unspecified atom stereocenters. The summed E-state index contributed by atoms with van der Waals surface area (Å²) in [5.74, 6) is 0. The first kappa shape index (κ1) is 7.90. The number of nitrogens with zero attached hydrogens (tertiary/aromatic N) is 1. The van der Waals surface area contributed by atoms with Gasteiger partial charge >= 0.3 is 0 Å². The summed E-state index contributed by atoms with van der Waals surface area (Å²) >= 11 is 0. The van der Waals surface area contributed by atoms with Gasteiger partial charge in [-0.1, -0.05) is 0 Å². The van der Waals surface area contributed by atoms with E-state index in [4.69, 9.17) is 15.9 Å². The van der Waals surface area contributed by atoms with Gasteiger partial charge in [-0.3, -0.25) is 5.73 Å². The van der Waals surface area contributed by atoms with Crippen molar-refractivity contribution in [3.63, 3.8) is 0 Å². The highest BCUT2D eigenvalue weighted by Gasteiger charge is 2.27. The first-order valence-corrected chi connectivity index (χ1v) is 3.30. The zero-order valence-corrected chi connectivity index (χ0v) is 5.75. The average Bonchev–Trinajstić information content (AvgIpc) is 1.88. The molecule has 0 aromatic heterocycles. The van der Waals surface area contributed by atoms with Crippen LogP contribution in [-0.4, -0.2) is 47.3 Å². The van der Waals surface area contributed by atoms with Crippen LogP contribution in [-0.2, 0) is 0 Å². The van der Waals surface area contributed by atoms with Crippen molar-refractivity contribution in [3.8, 4) is 0 Å². The molecule has 0 spiro atoms. The maximum atomic E-state index is 8.87. The van der Waals surface area contributed by atoms with E-state index in [0.29, 0.717) is 13.1 Å². The van der Waals surface area contributed by atoms with E-state index in [-0.39, 0.29) is 0 Å². The molecular formula is C5H13N3O2. The maximum Gasteiger partial charge on any atom is 0.286 e. The minimum atomic E-state index is -2.14. The lowest BCUT2D eigenvalue weighted by molar-refractivity contribution is -0.261. The standard InChI is InChI=1S/C5H13N3O2/c6-5(9,10)8-3-1-7-2-4-8/h7,9-10H,1-4,6H2. The maximum absolute atomic E-state index is 8.87. The highest BCUT2D eigenvalue weighted by atomic mass is 16.5. The summed E-state index contributed by atoms with van der Waals surface area (Å²) in [6.45, 7) is 2.65. The van der Waals surface area contributed by atoms with Crippen molar-refractivity contribution in [1.82, 2.24) is 10.2 Å². The molecule has 1 saturated heterocycles. The van der Waals surface area contributed by atoms with E-state index in [2.05, 4.69) is 5.32 Å². The Morgan fingerprint density at radius 2 is 1.80 bits per heavy atom. The Balaban J connectivity index is 2.39. The van der Waals surface area contributed by atoms with Crippen LogP contribution >= 0.6 is 0 Å². The third kappa shape index (κ3) is 1.89. The topological polar surface area (TPSA) is 81.8 Å². The summed E-state index contributed by atoms with van der Waals surface area (Å²) < 4.78 is 0. The minimum absolute atomic E-state index is 0.573. The third-order valence-corrected chi connectivity index (χ3v) is 1.58. The monoisotopic (exact) mass is 147 g/mol. The van der Waals surface area contributed by atoms with Crippen molar-refractivity contribution < 1.29 is 10.2 Å². The molecule has 0 bridgehead atoms. The van der Waals surface area contributed by atoms with Gasteiger partial charge in [0.05, 0.1) is 0 Å². The fourth-order valence-electron chi connectivity index (χ4n) is 0.994. The highest BCUT2D eigenvalue weighted by Crippen LogP contribution is 2.00. The zero-order chi connectivity index (χ0) is 7.61. The van der Waals surface area contributed by atoms with Crippen molar-refractivity contribution in [3.05, 3.63) is 0 Å². The molecule has 0 aromatic rings. The minimum Gasteiger partial charge on any atom is -0.341 e. The summed E-state index contributed by atoms with van der Waals surface area (Å²) in [5.41, 5.74) is 5.02. The van der Waals surface area contributed by atoms with Gasteiger partial charge in [-0.05, 0) is 0 Å². The van der Waals surface area contributed by atoms with Crippen LogP contribution in [0.15, 0.2) is 0 Å². The second-order valence-corrected chi connectivity index (χ2v) is 2.42. The fourth-order valence-corrected chi connectivity index (χ4v) is 0.994. The van der Waals surface area contributed by atoms with E-state index in [1.165, 1.54) is 4.90 Å². The van der Waals surface area contributed by atoms with Gasteiger partial charge < -0.3 is 15.5 Å². The van der Waals surface area contributed by atoms with Crippen LogP contribution in [0.25, 0.3) is 0 Å². The first-order valence-electron chi connectivity index (χ1n) is 3.30. The van der Waals surface area contributed by atoms with Gasteiger partial charge in [-0.2, -0.15) is 0 Å². The third-order valence-electron chi connectivity index (χ3n) is 1.58. The highest BCUT2D eigenvalue weighted by molar-refractivity contribution is 4.70. The Bertz CT molecular complexity index is 106. The van der Waals surface area contributed by atoms with E-state index >= 15 is 0 Å². The van der Waals surface area contributed by atoms with Gasteiger partial charge in [0.25, 0.3) is 6.03 Å². The predicted octanol–water partition coefficient (Wildman–Crippen LogP) is -2.55. The lowest BCUT2D eigenvalue weighted by Gasteiger charge is -2.34. The van der Waals surface area contributed by atoms with Crippen molar-refractivity contribution in [2.75, 3.05) is 26.2 Å². The normalized spacial score (nSPS) is 23.1. The van der Waals surface area contributed by atoms with Crippen LogP contribution in [0.2, 0.25) is 0 Å². The van der Waals surface area contributed by atoms with Crippen molar-refractivity contribution in [2.24, 2.45) is 5.73 Å². The Morgan fingerprint density at radius 1 is 1.30 bits per heavy atom. The summed E-state index contributed by atoms with van der Waals surface area (Å²) in [7, 11) is 0. The second kappa shape index (κ2) is 2.81. The lowest BCUT2D eigenvalue weighted by atomic mass is 10.4. The molecule has 10 heavy (non-hydrogen) atoms. The quantitative estimate of drug-likeness (QED) is 0.307. The number of hydrogen-bond donors (Lipinski definition) is 4.